The Hall–Kier alpha value is -2.03. The first kappa shape index (κ1) is 10.5. The molecule has 0 saturated carbocycles. The second kappa shape index (κ2) is 4.23. The van der Waals surface area contributed by atoms with E-state index in [0.717, 1.165) is 29.1 Å². The van der Waals surface area contributed by atoms with Gasteiger partial charge in [0.25, 0.3) is 0 Å². The summed E-state index contributed by atoms with van der Waals surface area (Å²) in [6.07, 6.45) is 3.66. The van der Waals surface area contributed by atoms with Crippen LogP contribution in [0.5, 0.6) is 0 Å². The quantitative estimate of drug-likeness (QED) is 0.773. The second-order valence-corrected chi connectivity index (χ2v) is 3.63. The number of aromatic amines is 1. The molecule has 0 aliphatic carbocycles. The first-order chi connectivity index (χ1) is 7.70. The average Bonchev–Trinajstić information content (AvgIpc) is 2.68. The monoisotopic (exact) mass is 215 g/mol. The van der Waals surface area contributed by atoms with Crippen molar-refractivity contribution in [1.29, 1.82) is 0 Å². The van der Waals surface area contributed by atoms with Crippen LogP contribution in [0.3, 0.4) is 0 Å². The summed E-state index contributed by atoms with van der Waals surface area (Å²) in [7, 11) is 0. The van der Waals surface area contributed by atoms with Gasteiger partial charge in [-0.2, -0.15) is 0 Å². The van der Waals surface area contributed by atoms with E-state index >= 15 is 0 Å². The molecule has 0 fully saturated rings. The number of hydrogen-bond acceptors (Lipinski definition) is 1. The van der Waals surface area contributed by atoms with Crippen molar-refractivity contribution in [1.82, 2.24) is 4.98 Å². The average molecular weight is 215 g/mol. The SMILES string of the molecule is CCc1cccc2cc(/C=C/C(=O)O)[nH]c12. The van der Waals surface area contributed by atoms with Crippen molar-refractivity contribution in [3.8, 4) is 0 Å². The highest BCUT2D eigenvalue weighted by molar-refractivity contribution is 5.89. The van der Waals surface area contributed by atoms with Crippen molar-refractivity contribution < 1.29 is 9.90 Å². The van der Waals surface area contributed by atoms with Gasteiger partial charge in [0.2, 0.25) is 0 Å². The summed E-state index contributed by atoms with van der Waals surface area (Å²) < 4.78 is 0. The zero-order valence-corrected chi connectivity index (χ0v) is 9.03. The number of nitrogens with one attached hydrogen (secondary N) is 1. The normalized spacial score (nSPS) is 11.3. The number of H-pyrrole nitrogens is 1. The maximum absolute atomic E-state index is 10.4. The highest BCUT2D eigenvalue weighted by atomic mass is 16.4. The Bertz CT molecular complexity index is 552. The smallest absolute Gasteiger partial charge is 0.328 e. The minimum absolute atomic E-state index is 0.818. The number of aryl methyl sites for hydroxylation is 1. The molecule has 2 N–H and O–H groups in total. The van der Waals surface area contributed by atoms with E-state index in [1.165, 1.54) is 5.56 Å². The number of carboxylic acid groups (broad SMARTS) is 1. The van der Waals surface area contributed by atoms with E-state index in [1.54, 1.807) is 6.08 Å². The summed E-state index contributed by atoms with van der Waals surface area (Å²) in [6.45, 7) is 2.10. The molecule has 0 bridgehead atoms. The molecule has 3 heteroatoms. The Morgan fingerprint density at radius 1 is 1.50 bits per heavy atom. The fraction of sp³-hybridized carbons (Fsp3) is 0.154. The Balaban J connectivity index is 2.47. The molecule has 0 unspecified atom stereocenters. The number of fused-ring (bicyclic) bond motifs is 1. The fourth-order valence-electron chi connectivity index (χ4n) is 1.79. The third kappa shape index (κ3) is 1.98. The van der Waals surface area contributed by atoms with Gasteiger partial charge in [0.05, 0.1) is 0 Å². The summed E-state index contributed by atoms with van der Waals surface area (Å²) in [5.74, 6) is -0.936. The van der Waals surface area contributed by atoms with E-state index in [9.17, 15) is 4.79 Å². The molecule has 0 spiro atoms. The van der Waals surface area contributed by atoms with Crippen molar-refractivity contribution in [2.24, 2.45) is 0 Å². The minimum atomic E-state index is -0.936. The Morgan fingerprint density at radius 3 is 3.00 bits per heavy atom. The molecule has 1 aromatic carbocycles. The van der Waals surface area contributed by atoms with Crippen molar-refractivity contribution >= 4 is 22.9 Å². The molecule has 2 rings (SSSR count). The van der Waals surface area contributed by atoms with E-state index in [1.807, 2.05) is 18.2 Å². The second-order valence-electron chi connectivity index (χ2n) is 3.63. The largest absolute Gasteiger partial charge is 0.478 e. The minimum Gasteiger partial charge on any atom is -0.478 e. The molecule has 0 atom stereocenters. The van der Waals surface area contributed by atoms with Crippen molar-refractivity contribution in [3.63, 3.8) is 0 Å². The molecule has 0 aliphatic rings. The zero-order chi connectivity index (χ0) is 11.5. The van der Waals surface area contributed by atoms with Gasteiger partial charge < -0.3 is 10.1 Å². The van der Waals surface area contributed by atoms with E-state index in [0.29, 0.717) is 0 Å². The topological polar surface area (TPSA) is 53.1 Å². The highest BCUT2D eigenvalue weighted by Gasteiger charge is 2.02. The molecule has 1 heterocycles. The van der Waals surface area contributed by atoms with E-state index in [2.05, 4.69) is 18.0 Å². The number of carbonyl (C=O) groups is 1. The van der Waals surface area contributed by atoms with Crippen LogP contribution in [-0.2, 0) is 11.2 Å². The van der Waals surface area contributed by atoms with Gasteiger partial charge in [-0.1, -0.05) is 25.1 Å². The lowest BCUT2D eigenvalue weighted by molar-refractivity contribution is -0.131. The molecule has 0 radical (unpaired) electrons. The molecular formula is C13H13NO2. The lowest BCUT2D eigenvalue weighted by Crippen LogP contribution is -1.85. The summed E-state index contributed by atoms with van der Waals surface area (Å²) in [4.78, 5) is 13.6. The van der Waals surface area contributed by atoms with Crippen LogP contribution in [0.1, 0.15) is 18.2 Å². The molecule has 1 aromatic heterocycles. The van der Waals surface area contributed by atoms with Crippen LogP contribution in [0.4, 0.5) is 0 Å². The van der Waals surface area contributed by atoms with Crippen molar-refractivity contribution in [2.75, 3.05) is 0 Å². The summed E-state index contributed by atoms with van der Waals surface area (Å²) >= 11 is 0. The summed E-state index contributed by atoms with van der Waals surface area (Å²) in [5, 5.41) is 9.66. The Labute approximate surface area is 93.4 Å². The van der Waals surface area contributed by atoms with Gasteiger partial charge in [-0.3, -0.25) is 0 Å². The van der Waals surface area contributed by atoms with Crippen LogP contribution in [0.2, 0.25) is 0 Å². The number of benzene rings is 1. The lowest BCUT2D eigenvalue weighted by Gasteiger charge is -1.97. The highest BCUT2D eigenvalue weighted by Crippen LogP contribution is 2.20. The van der Waals surface area contributed by atoms with Crippen LogP contribution in [0, 0.1) is 0 Å². The molecule has 0 amide bonds. The molecule has 0 aliphatic heterocycles. The van der Waals surface area contributed by atoms with Gasteiger partial charge in [0.1, 0.15) is 0 Å². The van der Waals surface area contributed by atoms with Gasteiger partial charge in [0.15, 0.2) is 0 Å². The van der Waals surface area contributed by atoms with Gasteiger partial charge in [-0.05, 0) is 24.1 Å². The predicted octanol–water partition coefficient (Wildman–Crippen LogP) is 2.83. The van der Waals surface area contributed by atoms with Gasteiger partial charge in [-0.15, -0.1) is 0 Å². The number of aromatic nitrogens is 1. The van der Waals surface area contributed by atoms with Crippen LogP contribution < -0.4 is 0 Å². The number of hydrogen-bond donors (Lipinski definition) is 2. The maximum Gasteiger partial charge on any atom is 0.328 e. The van der Waals surface area contributed by atoms with E-state index in [-0.39, 0.29) is 0 Å². The maximum atomic E-state index is 10.4. The molecule has 0 saturated heterocycles. The van der Waals surface area contributed by atoms with E-state index in [4.69, 9.17) is 5.11 Å². The van der Waals surface area contributed by atoms with Crippen LogP contribution in [-0.4, -0.2) is 16.1 Å². The zero-order valence-electron chi connectivity index (χ0n) is 9.03. The molecule has 3 nitrogen and oxygen atoms in total. The van der Waals surface area contributed by atoms with Crippen LogP contribution in [0.15, 0.2) is 30.3 Å². The molecule has 16 heavy (non-hydrogen) atoms. The van der Waals surface area contributed by atoms with Crippen molar-refractivity contribution in [2.45, 2.75) is 13.3 Å². The van der Waals surface area contributed by atoms with Gasteiger partial charge >= 0.3 is 5.97 Å². The number of para-hydroxylation sites is 1. The molecule has 82 valence electrons. The Kier molecular flexibility index (Phi) is 2.77. The molecule has 2 aromatic rings. The standard InChI is InChI=1S/C13H13NO2/c1-2-9-4-3-5-10-8-11(14-13(9)10)6-7-12(15)16/h3-8,14H,2H2,1H3,(H,15,16)/b7-6+. The third-order valence-corrected chi connectivity index (χ3v) is 2.55. The summed E-state index contributed by atoms with van der Waals surface area (Å²) in [6, 6.07) is 8.06. The van der Waals surface area contributed by atoms with E-state index < -0.39 is 5.97 Å². The number of carboxylic acids is 1. The van der Waals surface area contributed by atoms with Crippen molar-refractivity contribution in [3.05, 3.63) is 41.6 Å². The van der Waals surface area contributed by atoms with Gasteiger partial charge in [-0.25, -0.2) is 4.79 Å². The number of aliphatic carboxylic acids is 1. The van der Waals surface area contributed by atoms with Crippen LogP contribution >= 0.6 is 0 Å². The predicted molar refractivity (Wildman–Crippen MR) is 64.3 cm³/mol. The molecular weight excluding hydrogens is 202 g/mol. The lowest BCUT2D eigenvalue weighted by atomic mass is 10.1. The first-order valence-corrected chi connectivity index (χ1v) is 5.22. The van der Waals surface area contributed by atoms with Gasteiger partial charge in [0, 0.05) is 22.7 Å². The first-order valence-electron chi connectivity index (χ1n) is 5.22. The third-order valence-electron chi connectivity index (χ3n) is 2.55. The fourth-order valence-corrected chi connectivity index (χ4v) is 1.79. The summed E-state index contributed by atoms with van der Waals surface area (Å²) in [5.41, 5.74) is 3.15. The van der Waals surface area contributed by atoms with Crippen LogP contribution in [0.25, 0.3) is 17.0 Å². The Morgan fingerprint density at radius 2 is 2.31 bits per heavy atom. The number of rotatable bonds is 3.